The van der Waals surface area contributed by atoms with Crippen molar-refractivity contribution in [3.05, 3.63) is 23.6 Å². The van der Waals surface area contributed by atoms with Crippen molar-refractivity contribution in [1.29, 1.82) is 0 Å². The summed E-state index contributed by atoms with van der Waals surface area (Å²) in [4.78, 5) is 16.1. The number of likely N-dealkylation sites (N-methyl/N-ethyl adjacent to an activating group) is 1. The van der Waals surface area contributed by atoms with Crippen molar-refractivity contribution in [2.45, 2.75) is 0 Å². The molecule has 1 rings (SSSR count). The highest BCUT2D eigenvalue weighted by molar-refractivity contribution is 5.88. The molecular formula is C10H13FN2O3. The van der Waals surface area contributed by atoms with Crippen LogP contribution < -0.4 is 4.74 Å². The molecule has 0 aliphatic carbocycles. The Morgan fingerprint density at radius 2 is 2.31 bits per heavy atom. The van der Waals surface area contributed by atoms with Crippen LogP contribution >= 0.6 is 0 Å². The topological polar surface area (TPSA) is 62.7 Å². The molecule has 6 heteroatoms. The number of ether oxygens (including phenoxy) is 1. The fourth-order valence-corrected chi connectivity index (χ4v) is 1.02. The van der Waals surface area contributed by atoms with Crippen molar-refractivity contribution in [1.82, 2.24) is 9.88 Å². The third kappa shape index (κ3) is 3.16. The first-order valence-electron chi connectivity index (χ1n) is 4.67. The second-order valence-corrected chi connectivity index (χ2v) is 3.43. The van der Waals surface area contributed by atoms with Gasteiger partial charge in [-0.2, -0.15) is 0 Å². The average Bonchev–Trinajstić information content (AvgIpc) is 2.19. The Kier molecular flexibility index (Phi) is 4.19. The van der Waals surface area contributed by atoms with E-state index in [0.29, 0.717) is 6.54 Å². The lowest BCUT2D eigenvalue weighted by Crippen LogP contribution is -2.20. The van der Waals surface area contributed by atoms with Gasteiger partial charge < -0.3 is 14.7 Å². The number of hydrogen-bond acceptors (Lipinski definition) is 4. The van der Waals surface area contributed by atoms with Gasteiger partial charge in [-0.1, -0.05) is 0 Å². The summed E-state index contributed by atoms with van der Waals surface area (Å²) >= 11 is 0. The normalized spacial score (nSPS) is 10.5. The van der Waals surface area contributed by atoms with E-state index in [1.165, 1.54) is 6.20 Å². The van der Waals surface area contributed by atoms with Crippen LogP contribution in [0.25, 0.3) is 0 Å². The van der Waals surface area contributed by atoms with Crippen molar-refractivity contribution in [3.8, 4) is 5.88 Å². The fraction of sp³-hybridized carbons (Fsp3) is 0.400. The van der Waals surface area contributed by atoms with Gasteiger partial charge in [-0.3, -0.25) is 0 Å². The molecule has 0 unspecified atom stereocenters. The zero-order chi connectivity index (χ0) is 12.1. The summed E-state index contributed by atoms with van der Waals surface area (Å²) in [6, 6.07) is 1.09. The third-order valence-corrected chi connectivity index (χ3v) is 1.86. The first kappa shape index (κ1) is 12.4. The SMILES string of the molecule is CN(C)CCOc1nccc(C(=O)O)c1F. The van der Waals surface area contributed by atoms with Crippen LogP contribution in [0.1, 0.15) is 10.4 Å². The first-order chi connectivity index (χ1) is 7.52. The Morgan fingerprint density at radius 3 is 2.88 bits per heavy atom. The van der Waals surface area contributed by atoms with Gasteiger partial charge in [0, 0.05) is 12.7 Å². The number of pyridine rings is 1. The fourth-order valence-electron chi connectivity index (χ4n) is 1.02. The quantitative estimate of drug-likeness (QED) is 0.809. The lowest BCUT2D eigenvalue weighted by atomic mass is 10.2. The predicted octanol–water partition coefficient (Wildman–Crippen LogP) is 0.859. The molecule has 0 amide bonds. The largest absolute Gasteiger partial charge is 0.478 e. The summed E-state index contributed by atoms with van der Waals surface area (Å²) in [5.41, 5.74) is -0.435. The molecule has 88 valence electrons. The zero-order valence-corrected chi connectivity index (χ0v) is 9.11. The van der Waals surface area contributed by atoms with Crippen LogP contribution in [0.15, 0.2) is 12.3 Å². The average molecular weight is 228 g/mol. The maximum Gasteiger partial charge on any atom is 0.338 e. The van der Waals surface area contributed by atoms with Crippen LogP contribution in [-0.2, 0) is 0 Å². The minimum atomic E-state index is -1.34. The van der Waals surface area contributed by atoms with Crippen molar-refractivity contribution >= 4 is 5.97 Å². The molecule has 0 saturated heterocycles. The van der Waals surface area contributed by atoms with Crippen molar-refractivity contribution < 1.29 is 19.0 Å². The highest BCUT2D eigenvalue weighted by Gasteiger charge is 2.15. The van der Waals surface area contributed by atoms with Gasteiger partial charge in [0.1, 0.15) is 12.2 Å². The van der Waals surface area contributed by atoms with E-state index in [9.17, 15) is 9.18 Å². The summed E-state index contributed by atoms with van der Waals surface area (Å²) in [5.74, 6) is -2.55. The van der Waals surface area contributed by atoms with Crippen LogP contribution in [-0.4, -0.2) is 48.2 Å². The van der Waals surface area contributed by atoms with E-state index in [-0.39, 0.29) is 12.5 Å². The number of carboxylic acids is 1. The van der Waals surface area contributed by atoms with Gasteiger partial charge in [-0.25, -0.2) is 14.2 Å². The number of carboxylic acid groups (broad SMARTS) is 1. The number of nitrogens with zero attached hydrogens (tertiary/aromatic N) is 2. The second kappa shape index (κ2) is 5.41. The maximum absolute atomic E-state index is 13.5. The van der Waals surface area contributed by atoms with Crippen LogP contribution in [0.3, 0.4) is 0 Å². The Labute approximate surface area is 92.5 Å². The molecular weight excluding hydrogens is 215 g/mol. The third-order valence-electron chi connectivity index (χ3n) is 1.86. The monoisotopic (exact) mass is 228 g/mol. The number of aromatic nitrogens is 1. The Morgan fingerprint density at radius 1 is 1.62 bits per heavy atom. The molecule has 1 heterocycles. The second-order valence-electron chi connectivity index (χ2n) is 3.43. The van der Waals surface area contributed by atoms with Gasteiger partial charge in [0.2, 0.25) is 0 Å². The molecule has 5 nitrogen and oxygen atoms in total. The highest BCUT2D eigenvalue weighted by Crippen LogP contribution is 2.16. The van der Waals surface area contributed by atoms with Gasteiger partial charge in [0.15, 0.2) is 5.82 Å². The van der Waals surface area contributed by atoms with Crippen molar-refractivity contribution in [3.63, 3.8) is 0 Å². The van der Waals surface area contributed by atoms with Gasteiger partial charge >= 0.3 is 5.97 Å². The number of rotatable bonds is 5. The Hall–Kier alpha value is -1.69. The van der Waals surface area contributed by atoms with Gasteiger partial charge in [-0.05, 0) is 20.2 Å². The molecule has 0 fully saturated rings. The number of halogens is 1. The summed E-state index contributed by atoms with van der Waals surface area (Å²) in [5, 5.41) is 8.67. The van der Waals surface area contributed by atoms with E-state index in [1.807, 2.05) is 19.0 Å². The van der Waals surface area contributed by atoms with Crippen molar-refractivity contribution in [2.24, 2.45) is 0 Å². The lowest BCUT2D eigenvalue weighted by Gasteiger charge is -2.11. The first-order valence-corrected chi connectivity index (χ1v) is 4.67. The van der Waals surface area contributed by atoms with E-state index in [2.05, 4.69) is 4.98 Å². The zero-order valence-electron chi connectivity index (χ0n) is 9.11. The molecule has 0 aromatic carbocycles. The molecule has 1 aromatic heterocycles. The predicted molar refractivity (Wildman–Crippen MR) is 55.2 cm³/mol. The molecule has 1 aromatic rings. The molecule has 0 atom stereocenters. The summed E-state index contributed by atoms with van der Waals surface area (Å²) < 4.78 is 18.5. The summed E-state index contributed by atoms with van der Waals surface area (Å²) in [7, 11) is 3.70. The lowest BCUT2D eigenvalue weighted by molar-refractivity contribution is 0.0690. The molecule has 0 aliphatic heterocycles. The maximum atomic E-state index is 13.5. The van der Waals surface area contributed by atoms with E-state index in [1.54, 1.807) is 0 Å². The van der Waals surface area contributed by atoms with Crippen molar-refractivity contribution in [2.75, 3.05) is 27.2 Å². The number of hydrogen-bond donors (Lipinski definition) is 1. The van der Waals surface area contributed by atoms with Gasteiger partial charge in [0.05, 0.1) is 0 Å². The van der Waals surface area contributed by atoms with Crippen LogP contribution in [0.2, 0.25) is 0 Å². The van der Waals surface area contributed by atoms with Crippen LogP contribution in [0, 0.1) is 5.82 Å². The Balaban J connectivity index is 2.73. The molecule has 1 N–H and O–H groups in total. The highest BCUT2D eigenvalue weighted by atomic mass is 19.1. The molecule has 0 saturated carbocycles. The minimum Gasteiger partial charge on any atom is -0.478 e. The summed E-state index contributed by atoms with van der Waals surface area (Å²) in [6.45, 7) is 0.846. The molecule has 16 heavy (non-hydrogen) atoms. The van der Waals surface area contributed by atoms with Crippen LogP contribution in [0.4, 0.5) is 4.39 Å². The van der Waals surface area contributed by atoms with Crippen LogP contribution in [0.5, 0.6) is 5.88 Å². The van der Waals surface area contributed by atoms with E-state index in [0.717, 1.165) is 6.07 Å². The molecule has 0 bridgehead atoms. The van der Waals surface area contributed by atoms with E-state index >= 15 is 0 Å². The van der Waals surface area contributed by atoms with Gasteiger partial charge in [-0.15, -0.1) is 0 Å². The minimum absolute atomic E-state index is 0.250. The van der Waals surface area contributed by atoms with Gasteiger partial charge in [0.25, 0.3) is 5.88 Å². The smallest absolute Gasteiger partial charge is 0.338 e. The number of aromatic carboxylic acids is 1. The molecule has 0 aliphatic rings. The van der Waals surface area contributed by atoms with E-state index in [4.69, 9.17) is 9.84 Å². The molecule has 0 spiro atoms. The standard InChI is InChI=1S/C10H13FN2O3/c1-13(2)5-6-16-9-8(11)7(10(14)15)3-4-12-9/h3-4H,5-6H2,1-2H3,(H,14,15). The Bertz CT molecular complexity index is 382. The van der Waals surface area contributed by atoms with E-state index < -0.39 is 17.3 Å². The summed E-state index contributed by atoms with van der Waals surface area (Å²) in [6.07, 6.45) is 1.21. The number of carbonyl (C=O) groups is 1. The molecule has 0 radical (unpaired) electrons.